The standard InChI is InChI=1S/C29H32ClFN4O2/c1-17-27(18(2)37-33-17)19-6-9-25-24(15-19)32-28(35(25)20-10-12-29(3,36)13-11-20)26-5-4-14-34(26)21-7-8-22(30)23(31)16-21/h6-9,15-16,20,26,36H,4-5,10-14H2,1-3H3/t20?,26-,29?/m0/s1. The molecule has 3 heterocycles. The quantitative estimate of drug-likeness (QED) is 0.304. The van der Waals surface area contributed by atoms with Crippen molar-refractivity contribution in [3.8, 4) is 11.1 Å². The van der Waals surface area contributed by atoms with Gasteiger partial charge in [-0.05, 0) is 95.2 Å². The number of aliphatic hydroxyl groups is 1. The lowest BCUT2D eigenvalue weighted by Gasteiger charge is -2.36. The van der Waals surface area contributed by atoms with Crippen LogP contribution in [0.15, 0.2) is 40.9 Å². The van der Waals surface area contributed by atoms with Crippen LogP contribution in [0, 0.1) is 19.7 Å². The van der Waals surface area contributed by atoms with Crippen LogP contribution >= 0.6 is 11.6 Å². The van der Waals surface area contributed by atoms with Crippen LogP contribution in [0.2, 0.25) is 5.02 Å². The van der Waals surface area contributed by atoms with Gasteiger partial charge in [-0.3, -0.25) is 0 Å². The average Bonchev–Trinajstić information content (AvgIpc) is 3.57. The van der Waals surface area contributed by atoms with Gasteiger partial charge in [-0.15, -0.1) is 0 Å². The van der Waals surface area contributed by atoms with Gasteiger partial charge < -0.3 is 19.1 Å². The zero-order chi connectivity index (χ0) is 25.9. The molecule has 37 heavy (non-hydrogen) atoms. The van der Waals surface area contributed by atoms with E-state index in [1.165, 1.54) is 6.07 Å². The fraction of sp³-hybridized carbons (Fsp3) is 0.448. The number of imidazole rings is 1. The number of halogens is 2. The van der Waals surface area contributed by atoms with E-state index in [1.54, 1.807) is 6.07 Å². The van der Waals surface area contributed by atoms with Crippen molar-refractivity contribution in [2.75, 3.05) is 11.4 Å². The second-order valence-electron chi connectivity index (χ2n) is 10.9. The first-order valence-electron chi connectivity index (χ1n) is 13.1. The number of hydrogen-bond acceptors (Lipinski definition) is 5. The molecule has 0 amide bonds. The molecule has 0 spiro atoms. The van der Waals surface area contributed by atoms with Crippen molar-refractivity contribution in [1.82, 2.24) is 14.7 Å². The summed E-state index contributed by atoms with van der Waals surface area (Å²) in [5.41, 5.74) is 5.12. The van der Waals surface area contributed by atoms with Gasteiger partial charge in [-0.1, -0.05) is 22.8 Å². The van der Waals surface area contributed by atoms with E-state index in [0.717, 1.165) is 90.2 Å². The SMILES string of the molecule is Cc1noc(C)c1-c1ccc2c(c1)nc([C@@H]1CCCN1c1ccc(Cl)c(F)c1)n2C1CCC(C)(O)CC1. The van der Waals surface area contributed by atoms with Gasteiger partial charge in [0.1, 0.15) is 17.4 Å². The smallest absolute Gasteiger partial charge is 0.143 e. The van der Waals surface area contributed by atoms with Crippen molar-refractivity contribution in [3.63, 3.8) is 0 Å². The molecule has 1 N–H and O–H groups in total. The monoisotopic (exact) mass is 522 g/mol. The average molecular weight is 523 g/mol. The van der Waals surface area contributed by atoms with Crippen molar-refractivity contribution in [2.24, 2.45) is 0 Å². The molecule has 2 aromatic carbocycles. The lowest BCUT2D eigenvalue weighted by molar-refractivity contribution is 0.00996. The number of fused-ring (bicyclic) bond motifs is 1. The summed E-state index contributed by atoms with van der Waals surface area (Å²) in [7, 11) is 0. The largest absolute Gasteiger partial charge is 0.390 e. The second kappa shape index (κ2) is 9.14. The third-order valence-electron chi connectivity index (χ3n) is 8.22. The highest BCUT2D eigenvalue weighted by Crippen LogP contribution is 2.43. The first kappa shape index (κ1) is 24.4. The molecule has 1 saturated heterocycles. The maximum Gasteiger partial charge on any atom is 0.143 e. The summed E-state index contributed by atoms with van der Waals surface area (Å²) in [4.78, 5) is 7.50. The van der Waals surface area contributed by atoms with Crippen LogP contribution in [0.1, 0.15) is 74.8 Å². The minimum absolute atomic E-state index is 0.0259. The Kier molecular flexibility index (Phi) is 6.03. The molecule has 6 nitrogen and oxygen atoms in total. The second-order valence-corrected chi connectivity index (χ2v) is 11.3. The van der Waals surface area contributed by atoms with Gasteiger partial charge in [0, 0.05) is 23.8 Å². The number of hydrogen-bond donors (Lipinski definition) is 1. The Labute approximate surface area is 221 Å². The fourth-order valence-electron chi connectivity index (χ4n) is 6.28. The molecule has 1 aliphatic heterocycles. The number of benzene rings is 2. The van der Waals surface area contributed by atoms with Crippen molar-refractivity contribution in [2.45, 2.75) is 77.0 Å². The molecule has 2 fully saturated rings. The normalized spacial score (nSPS) is 24.3. The van der Waals surface area contributed by atoms with Gasteiger partial charge in [0.15, 0.2) is 0 Å². The van der Waals surface area contributed by atoms with E-state index >= 15 is 0 Å². The highest BCUT2D eigenvalue weighted by molar-refractivity contribution is 6.30. The highest BCUT2D eigenvalue weighted by atomic mass is 35.5. The predicted octanol–water partition coefficient (Wildman–Crippen LogP) is 7.31. The van der Waals surface area contributed by atoms with Crippen molar-refractivity contribution in [1.29, 1.82) is 0 Å². The van der Waals surface area contributed by atoms with Crippen LogP contribution in [-0.4, -0.2) is 32.0 Å². The molecular weight excluding hydrogens is 491 g/mol. The molecule has 1 atom stereocenters. The van der Waals surface area contributed by atoms with Crippen molar-refractivity contribution in [3.05, 3.63) is 64.5 Å². The molecule has 2 aromatic heterocycles. The van der Waals surface area contributed by atoms with Gasteiger partial charge in [0.05, 0.1) is 33.4 Å². The summed E-state index contributed by atoms with van der Waals surface area (Å²) in [6, 6.07) is 11.7. The maximum absolute atomic E-state index is 14.4. The Morgan fingerprint density at radius 3 is 2.59 bits per heavy atom. The minimum Gasteiger partial charge on any atom is -0.390 e. The van der Waals surface area contributed by atoms with E-state index in [2.05, 4.69) is 32.8 Å². The minimum atomic E-state index is -0.621. The van der Waals surface area contributed by atoms with Crippen molar-refractivity contribution >= 4 is 28.3 Å². The van der Waals surface area contributed by atoms with Crippen LogP contribution in [0.25, 0.3) is 22.2 Å². The molecule has 1 saturated carbocycles. The molecule has 6 rings (SSSR count). The molecule has 2 aliphatic rings. The van der Waals surface area contributed by atoms with E-state index in [-0.39, 0.29) is 17.1 Å². The third-order valence-corrected chi connectivity index (χ3v) is 8.53. The lowest BCUT2D eigenvalue weighted by Crippen LogP contribution is -2.33. The molecule has 0 bridgehead atoms. The maximum atomic E-state index is 14.4. The zero-order valence-corrected chi connectivity index (χ0v) is 22.2. The topological polar surface area (TPSA) is 67.3 Å². The Morgan fingerprint density at radius 2 is 1.89 bits per heavy atom. The van der Waals surface area contributed by atoms with Crippen LogP contribution in [0.5, 0.6) is 0 Å². The van der Waals surface area contributed by atoms with E-state index in [1.807, 2.05) is 26.8 Å². The number of rotatable bonds is 4. The van der Waals surface area contributed by atoms with E-state index < -0.39 is 11.4 Å². The Balaban J connectivity index is 1.47. The Bertz CT molecular complexity index is 1450. The predicted molar refractivity (Wildman–Crippen MR) is 144 cm³/mol. The van der Waals surface area contributed by atoms with Crippen LogP contribution in [0.3, 0.4) is 0 Å². The van der Waals surface area contributed by atoms with Crippen LogP contribution in [-0.2, 0) is 0 Å². The highest BCUT2D eigenvalue weighted by Gasteiger charge is 2.36. The van der Waals surface area contributed by atoms with Gasteiger partial charge in [0.25, 0.3) is 0 Å². The Hall–Kier alpha value is -2.90. The molecule has 8 heteroatoms. The summed E-state index contributed by atoms with van der Waals surface area (Å²) in [5, 5.41) is 14.9. The van der Waals surface area contributed by atoms with Gasteiger partial charge in [-0.25, -0.2) is 9.37 Å². The van der Waals surface area contributed by atoms with Gasteiger partial charge in [0.2, 0.25) is 0 Å². The molecule has 1 aliphatic carbocycles. The van der Waals surface area contributed by atoms with E-state index in [4.69, 9.17) is 21.1 Å². The number of aromatic nitrogens is 3. The van der Waals surface area contributed by atoms with E-state index in [9.17, 15) is 9.50 Å². The summed E-state index contributed by atoms with van der Waals surface area (Å²) >= 11 is 5.98. The lowest BCUT2D eigenvalue weighted by atomic mass is 9.83. The summed E-state index contributed by atoms with van der Waals surface area (Å²) in [6.45, 7) is 6.65. The first-order valence-corrected chi connectivity index (χ1v) is 13.5. The number of anilines is 1. The first-order chi connectivity index (χ1) is 17.7. The van der Waals surface area contributed by atoms with Gasteiger partial charge in [-0.2, -0.15) is 0 Å². The summed E-state index contributed by atoms with van der Waals surface area (Å²) in [5.74, 6) is 1.39. The molecule has 0 radical (unpaired) electrons. The molecule has 0 unspecified atom stereocenters. The molecule has 4 aromatic rings. The van der Waals surface area contributed by atoms with E-state index in [0.29, 0.717) is 0 Å². The number of aryl methyl sites for hydroxylation is 2. The summed E-state index contributed by atoms with van der Waals surface area (Å²) in [6.07, 6.45) is 5.23. The van der Waals surface area contributed by atoms with Crippen molar-refractivity contribution < 1.29 is 14.0 Å². The molecular formula is C29H32ClFN4O2. The zero-order valence-electron chi connectivity index (χ0n) is 21.5. The fourth-order valence-corrected chi connectivity index (χ4v) is 6.39. The molecule has 194 valence electrons. The van der Waals surface area contributed by atoms with Gasteiger partial charge >= 0.3 is 0 Å². The Morgan fingerprint density at radius 1 is 1.11 bits per heavy atom. The number of nitrogens with zero attached hydrogens (tertiary/aromatic N) is 4. The van der Waals surface area contributed by atoms with Crippen LogP contribution in [0.4, 0.5) is 10.1 Å². The van der Waals surface area contributed by atoms with Crippen LogP contribution < -0.4 is 4.90 Å². The summed E-state index contributed by atoms with van der Waals surface area (Å²) < 4.78 is 22.2. The third kappa shape index (κ3) is 4.32.